The van der Waals surface area contributed by atoms with Crippen LogP contribution in [0.2, 0.25) is 18.1 Å². The second-order valence-electron chi connectivity index (χ2n) is 5.42. The molecule has 90 valence electrons. The van der Waals surface area contributed by atoms with Gasteiger partial charge < -0.3 is 14.8 Å². The predicted molar refractivity (Wildman–Crippen MR) is 63.8 cm³/mol. The summed E-state index contributed by atoms with van der Waals surface area (Å²) in [5.74, 6) is 0. The van der Waals surface area contributed by atoms with E-state index in [1.807, 2.05) is 0 Å². The first-order valence-corrected chi connectivity index (χ1v) is 8.10. The molecule has 0 bridgehead atoms. The van der Waals surface area contributed by atoms with Crippen molar-refractivity contribution in [3.8, 4) is 0 Å². The van der Waals surface area contributed by atoms with E-state index in [0.29, 0.717) is 6.61 Å². The summed E-state index contributed by atoms with van der Waals surface area (Å²) in [7, 11) is -1.75. The van der Waals surface area contributed by atoms with Gasteiger partial charge in [0.05, 0.1) is 12.6 Å². The number of carbonyl (C=O) groups is 1. The molecule has 2 N–H and O–H groups in total. The summed E-state index contributed by atoms with van der Waals surface area (Å²) in [5.41, 5.74) is 0. The highest BCUT2D eigenvalue weighted by atomic mass is 28.4. The molecule has 0 rings (SSSR count). The summed E-state index contributed by atoms with van der Waals surface area (Å²) in [6.07, 6.45) is -0.999. The van der Waals surface area contributed by atoms with Crippen molar-refractivity contribution in [1.29, 1.82) is 0 Å². The van der Waals surface area contributed by atoms with Gasteiger partial charge in [-0.1, -0.05) is 20.8 Å². The van der Waals surface area contributed by atoms with Gasteiger partial charge in [-0.05, 0) is 25.1 Å². The van der Waals surface area contributed by atoms with E-state index in [9.17, 15) is 4.79 Å². The summed E-state index contributed by atoms with van der Waals surface area (Å²) < 4.78 is 5.87. The van der Waals surface area contributed by atoms with Gasteiger partial charge in [-0.2, -0.15) is 0 Å². The average Bonchev–Trinajstić information content (AvgIpc) is 1.97. The van der Waals surface area contributed by atoms with Crippen molar-refractivity contribution in [2.24, 2.45) is 0 Å². The second kappa shape index (κ2) is 4.98. The summed E-state index contributed by atoms with van der Waals surface area (Å²) >= 11 is 0. The topological polar surface area (TPSA) is 58.6 Å². The van der Waals surface area contributed by atoms with Gasteiger partial charge in [0, 0.05) is 0 Å². The Morgan fingerprint density at radius 2 is 1.93 bits per heavy atom. The molecule has 0 radical (unpaired) electrons. The maximum Gasteiger partial charge on any atom is 0.404 e. The Morgan fingerprint density at radius 1 is 1.47 bits per heavy atom. The lowest BCUT2D eigenvalue weighted by molar-refractivity contribution is 0.181. The van der Waals surface area contributed by atoms with Crippen molar-refractivity contribution in [2.75, 3.05) is 6.61 Å². The minimum Gasteiger partial charge on any atom is -0.465 e. The Labute approximate surface area is 93.1 Å². The highest BCUT2D eigenvalue weighted by Crippen LogP contribution is 2.36. The van der Waals surface area contributed by atoms with E-state index in [1.54, 1.807) is 6.92 Å². The molecule has 5 heteroatoms. The number of rotatable bonds is 4. The van der Waals surface area contributed by atoms with Gasteiger partial charge in [-0.15, -0.1) is 0 Å². The Bertz CT molecular complexity index is 223. The lowest BCUT2D eigenvalue weighted by Gasteiger charge is -2.36. The highest BCUT2D eigenvalue weighted by Gasteiger charge is 2.37. The predicted octanol–water partition coefficient (Wildman–Crippen LogP) is 2.66. The van der Waals surface area contributed by atoms with Crippen molar-refractivity contribution < 1.29 is 14.3 Å². The fraction of sp³-hybridized carbons (Fsp3) is 0.900. The maximum absolute atomic E-state index is 10.4. The highest BCUT2D eigenvalue weighted by molar-refractivity contribution is 6.74. The second-order valence-corrected chi connectivity index (χ2v) is 10.2. The average molecular weight is 233 g/mol. The number of carboxylic acid groups (broad SMARTS) is 1. The molecular weight excluding hydrogens is 210 g/mol. The van der Waals surface area contributed by atoms with Crippen molar-refractivity contribution >= 4 is 14.4 Å². The summed E-state index contributed by atoms with van der Waals surface area (Å²) in [6, 6.07) is -0.156. The Balaban J connectivity index is 4.10. The minimum absolute atomic E-state index is 0.156. The quantitative estimate of drug-likeness (QED) is 0.734. The lowest BCUT2D eigenvalue weighted by Crippen LogP contribution is -2.45. The van der Waals surface area contributed by atoms with Crippen LogP contribution in [0, 0.1) is 0 Å². The van der Waals surface area contributed by atoms with Crippen molar-refractivity contribution in [3.05, 3.63) is 0 Å². The molecule has 0 spiro atoms. The monoisotopic (exact) mass is 233 g/mol. The van der Waals surface area contributed by atoms with Crippen LogP contribution in [-0.4, -0.2) is 32.2 Å². The first-order chi connectivity index (χ1) is 6.56. The lowest BCUT2D eigenvalue weighted by atomic mass is 10.2. The van der Waals surface area contributed by atoms with E-state index in [2.05, 4.69) is 39.2 Å². The van der Waals surface area contributed by atoms with Crippen LogP contribution in [0.5, 0.6) is 0 Å². The smallest absolute Gasteiger partial charge is 0.404 e. The van der Waals surface area contributed by atoms with E-state index >= 15 is 0 Å². The van der Waals surface area contributed by atoms with Gasteiger partial charge in [0.2, 0.25) is 0 Å². The molecule has 0 aliphatic carbocycles. The SMILES string of the molecule is CC(CO[Si](C)(C)C(C)(C)C)NC(=O)O. The summed E-state index contributed by atoms with van der Waals surface area (Å²) in [6.45, 7) is 13.0. The molecule has 0 aromatic heterocycles. The van der Waals surface area contributed by atoms with E-state index < -0.39 is 14.4 Å². The van der Waals surface area contributed by atoms with Crippen molar-refractivity contribution in [2.45, 2.75) is 51.9 Å². The number of nitrogens with one attached hydrogen (secondary N) is 1. The van der Waals surface area contributed by atoms with Crippen LogP contribution in [0.3, 0.4) is 0 Å². The molecular formula is C10H23NO3Si. The number of hydrogen-bond acceptors (Lipinski definition) is 2. The van der Waals surface area contributed by atoms with E-state index in [-0.39, 0.29) is 11.1 Å². The van der Waals surface area contributed by atoms with Crippen LogP contribution < -0.4 is 5.32 Å². The van der Waals surface area contributed by atoms with Gasteiger partial charge in [0.15, 0.2) is 8.32 Å². The molecule has 1 atom stereocenters. The molecule has 0 aromatic rings. The standard InChI is InChI=1S/C10H23NO3Si/c1-8(11-9(12)13)7-14-15(5,6)10(2,3)4/h8,11H,7H2,1-6H3,(H,12,13). The molecule has 0 fully saturated rings. The zero-order valence-electron chi connectivity index (χ0n) is 10.5. The van der Waals surface area contributed by atoms with Crippen LogP contribution in [0.1, 0.15) is 27.7 Å². The first-order valence-electron chi connectivity index (χ1n) is 5.19. The minimum atomic E-state index is -1.75. The Hall–Kier alpha value is -0.553. The molecule has 0 aliphatic heterocycles. The van der Waals surface area contributed by atoms with Gasteiger partial charge in [-0.25, -0.2) is 4.79 Å². The maximum atomic E-state index is 10.4. The molecule has 0 saturated heterocycles. The number of hydrogen-bond donors (Lipinski definition) is 2. The van der Waals surface area contributed by atoms with E-state index in [1.165, 1.54) is 0 Å². The van der Waals surface area contributed by atoms with Crippen molar-refractivity contribution in [3.63, 3.8) is 0 Å². The van der Waals surface area contributed by atoms with Gasteiger partial charge in [-0.3, -0.25) is 0 Å². The first kappa shape index (κ1) is 14.4. The van der Waals surface area contributed by atoms with Crippen LogP contribution >= 0.6 is 0 Å². The Kier molecular flexibility index (Phi) is 4.80. The molecule has 15 heavy (non-hydrogen) atoms. The molecule has 4 nitrogen and oxygen atoms in total. The zero-order chi connectivity index (χ0) is 12.3. The Morgan fingerprint density at radius 3 is 2.27 bits per heavy atom. The fourth-order valence-electron chi connectivity index (χ4n) is 0.802. The van der Waals surface area contributed by atoms with Crippen molar-refractivity contribution in [1.82, 2.24) is 5.32 Å². The normalized spacial score (nSPS) is 14.8. The third kappa shape index (κ3) is 5.18. The van der Waals surface area contributed by atoms with E-state index in [0.717, 1.165) is 0 Å². The molecule has 0 heterocycles. The molecule has 0 aromatic carbocycles. The van der Waals surface area contributed by atoms with Crippen LogP contribution in [0.15, 0.2) is 0 Å². The third-order valence-electron chi connectivity index (χ3n) is 2.87. The van der Waals surface area contributed by atoms with E-state index in [4.69, 9.17) is 9.53 Å². The summed E-state index contributed by atoms with van der Waals surface area (Å²) in [4.78, 5) is 10.4. The van der Waals surface area contributed by atoms with Gasteiger partial charge in [0.1, 0.15) is 0 Å². The molecule has 1 amide bonds. The molecule has 1 unspecified atom stereocenters. The zero-order valence-corrected chi connectivity index (χ0v) is 11.5. The summed E-state index contributed by atoms with van der Waals surface area (Å²) in [5, 5.41) is 11.1. The van der Waals surface area contributed by atoms with Gasteiger partial charge in [0.25, 0.3) is 0 Å². The largest absolute Gasteiger partial charge is 0.465 e. The van der Waals surface area contributed by atoms with Crippen LogP contribution in [0.25, 0.3) is 0 Å². The van der Waals surface area contributed by atoms with Crippen LogP contribution in [0.4, 0.5) is 4.79 Å². The third-order valence-corrected chi connectivity index (χ3v) is 7.37. The number of amides is 1. The van der Waals surface area contributed by atoms with Crippen LogP contribution in [-0.2, 0) is 4.43 Å². The van der Waals surface area contributed by atoms with Gasteiger partial charge >= 0.3 is 6.09 Å². The molecule has 0 saturated carbocycles. The fourth-order valence-corrected chi connectivity index (χ4v) is 1.90. The molecule has 0 aliphatic rings.